The second-order valence-electron chi connectivity index (χ2n) is 4.75. The first-order valence-electron chi connectivity index (χ1n) is 6.09. The van der Waals surface area contributed by atoms with Crippen LogP contribution in [0.25, 0.3) is 0 Å². The molecule has 0 spiro atoms. The minimum Gasteiger partial charge on any atom is -0.377 e. The predicted molar refractivity (Wildman–Crippen MR) is 68.8 cm³/mol. The molecule has 0 saturated heterocycles. The van der Waals surface area contributed by atoms with Gasteiger partial charge in [0, 0.05) is 13.2 Å². The first kappa shape index (κ1) is 12.1. The summed E-state index contributed by atoms with van der Waals surface area (Å²) in [5.41, 5.74) is 7.69. The molecule has 1 atom stereocenters. The van der Waals surface area contributed by atoms with Crippen molar-refractivity contribution < 1.29 is 4.74 Å². The number of ether oxygens (including phenoxy) is 1. The molecule has 1 aliphatic carbocycles. The molecule has 0 radical (unpaired) electrons. The Balaban J connectivity index is 1.89. The molecule has 1 unspecified atom stereocenters. The Bertz CT molecular complexity index is 304. The van der Waals surface area contributed by atoms with Crippen molar-refractivity contribution in [2.75, 3.05) is 7.11 Å². The van der Waals surface area contributed by atoms with Crippen LogP contribution in [0.4, 0.5) is 0 Å². The van der Waals surface area contributed by atoms with Gasteiger partial charge in [-0.3, -0.25) is 0 Å². The van der Waals surface area contributed by atoms with Crippen LogP contribution in [0.3, 0.4) is 0 Å². The van der Waals surface area contributed by atoms with Crippen molar-refractivity contribution >= 4 is 11.3 Å². The van der Waals surface area contributed by atoms with Gasteiger partial charge in [-0.15, -0.1) is 0 Å². The second kappa shape index (κ2) is 5.30. The van der Waals surface area contributed by atoms with E-state index in [0.717, 1.165) is 25.7 Å². The van der Waals surface area contributed by atoms with Gasteiger partial charge in [0.25, 0.3) is 0 Å². The highest BCUT2D eigenvalue weighted by molar-refractivity contribution is 7.07. The van der Waals surface area contributed by atoms with E-state index in [-0.39, 0.29) is 11.6 Å². The maximum absolute atomic E-state index is 6.32. The Hall–Kier alpha value is -0.380. The molecule has 1 aromatic rings. The van der Waals surface area contributed by atoms with E-state index in [2.05, 4.69) is 16.8 Å². The number of aryl methyl sites for hydroxylation is 1. The van der Waals surface area contributed by atoms with E-state index >= 15 is 0 Å². The van der Waals surface area contributed by atoms with Crippen LogP contribution >= 0.6 is 11.3 Å². The molecule has 2 nitrogen and oxygen atoms in total. The highest BCUT2D eigenvalue weighted by Gasteiger charge is 2.39. The third kappa shape index (κ3) is 2.47. The monoisotopic (exact) mass is 239 g/mol. The van der Waals surface area contributed by atoms with Crippen molar-refractivity contribution in [2.24, 2.45) is 5.73 Å². The largest absolute Gasteiger partial charge is 0.377 e. The molecule has 0 amide bonds. The zero-order chi connectivity index (χ0) is 11.4. The first-order chi connectivity index (χ1) is 7.77. The Morgan fingerprint density at radius 1 is 1.50 bits per heavy atom. The highest BCUT2D eigenvalue weighted by Crippen LogP contribution is 2.36. The third-order valence-electron chi connectivity index (χ3n) is 3.86. The number of hydrogen-bond donors (Lipinski definition) is 1. The molecule has 16 heavy (non-hydrogen) atoms. The van der Waals surface area contributed by atoms with Gasteiger partial charge in [0.1, 0.15) is 0 Å². The quantitative estimate of drug-likeness (QED) is 0.857. The van der Waals surface area contributed by atoms with Crippen molar-refractivity contribution in [3.8, 4) is 0 Å². The molecule has 90 valence electrons. The van der Waals surface area contributed by atoms with Crippen molar-refractivity contribution in [3.63, 3.8) is 0 Å². The van der Waals surface area contributed by atoms with E-state index in [0.29, 0.717) is 0 Å². The summed E-state index contributed by atoms with van der Waals surface area (Å²) in [7, 11) is 1.82. The van der Waals surface area contributed by atoms with Crippen LogP contribution in [0.15, 0.2) is 16.8 Å². The zero-order valence-corrected chi connectivity index (χ0v) is 10.8. The van der Waals surface area contributed by atoms with Crippen LogP contribution in [0.5, 0.6) is 0 Å². The van der Waals surface area contributed by atoms with Gasteiger partial charge in [0.15, 0.2) is 0 Å². The van der Waals surface area contributed by atoms with E-state index in [1.165, 1.54) is 18.4 Å². The fourth-order valence-corrected chi connectivity index (χ4v) is 3.42. The standard InChI is InChI=1S/C13H21NOS/c1-15-13(7-2-3-8-13)12(14)5-4-11-6-9-16-10-11/h6,9-10,12H,2-5,7-8,14H2,1H3. The zero-order valence-electron chi connectivity index (χ0n) is 9.95. The van der Waals surface area contributed by atoms with E-state index in [4.69, 9.17) is 10.5 Å². The van der Waals surface area contributed by atoms with E-state index in [1.54, 1.807) is 11.3 Å². The molecule has 3 heteroatoms. The SMILES string of the molecule is COC1(C(N)CCc2ccsc2)CCCC1. The van der Waals surface area contributed by atoms with Crippen molar-refractivity contribution in [1.29, 1.82) is 0 Å². The number of hydrogen-bond acceptors (Lipinski definition) is 3. The molecule has 1 aromatic heterocycles. The summed E-state index contributed by atoms with van der Waals surface area (Å²) in [6.07, 6.45) is 6.91. The molecular formula is C13H21NOS. The smallest absolute Gasteiger partial charge is 0.0828 e. The summed E-state index contributed by atoms with van der Waals surface area (Å²) in [6, 6.07) is 2.37. The van der Waals surface area contributed by atoms with Gasteiger partial charge in [-0.2, -0.15) is 11.3 Å². The molecule has 0 bridgehead atoms. The Morgan fingerprint density at radius 3 is 2.81 bits per heavy atom. The van der Waals surface area contributed by atoms with Crippen LogP contribution in [0, 0.1) is 0 Å². The van der Waals surface area contributed by atoms with E-state index < -0.39 is 0 Å². The van der Waals surface area contributed by atoms with Crippen LogP contribution in [0.1, 0.15) is 37.7 Å². The summed E-state index contributed by atoms with van der Waals surface area (Å²) >= 11 is 1.76. The number of thiophene rings is 1. The van der Waals surface area contributed by atoms with Crippen LogP contribution in [-0.2, 0) is 11.2 Å². The van der Waals surface area contributed by atoms with Crippen LogP contribution in [0.2, 0.25) is 0 Å². The summed E-state index contributed by atoms with van der Waals surface area (Å²) in [6.45, 7) is 0. The van der Waals surface area contributed by atoms with Crippen LogP contribution in [-0.4, -0.2) is 18.8 Å². The van der Waals surface area contributed by atoms with Gasteiger partial charge < -0.3 is 10.5 Å². The highest BCUT2D eigenvalue weighted by atomic mass is 32.1. The Morgan fingerprint density at radius 2 is 2.25 bits per heavy atom. The van der Waals surface area contributed by atoms with Gasteiger partial charge in [-0.1, -0.05) is 12.8 Å². The molecular weight excluding hydrogens is 218 g/mol. The fourth-order valence-electron chi connectivity index (χ4n) is 2.72. The Kier molecular flexibility index (Phi) is 4.00. The van der Waals surface area contributed by atoms with Gasteiger partial charge in [0.2, 0.25) is 0 Å². The van der Waals surface area contributed by atoms with Crippen LogP contribution < -0.4 is 5.73 Å². The molecule has 1 fully saturated rings. The minimum atomic E-state index is -0.0317. The van der Waals surface area contributed by atoms with Gasteiger partial charge in [0.05, 0.1) is 5.60 Å². The van der Waals surface area contributed by atoms with Gasteiger partial charge in [-0.25, -0.2) is 0 Å². The van der Waals surface area contributed by atoms with E-state index in [1.807, 2.05) is 7.11 Å². The van der Waals surface area contributed by atoms with Crippen molar-refractivity contribution in [3.05, 3.63) is 22.4 Å². The molecule has 2 N–H and O–H groups in total. The molecule has 1 heterocycles. The normalized spacial score (nSPS) is 21.1. The number of rotatable bonds is 5. The summed E-state index contributed by atoms with van der Waals surface area (Å²) in [5.74, 6) is 0. The summed E-state index contributed by atoms with van der Waals surface area (Å²) in [4.78, 5) is 0. The van der Waals surface area contributed by atoms with Crippen molar-refractivity contribution in [1.82, 2.24) is 0 Å². The average Bonchev–Trinajstić information content (AvgIpc) is 2.97. The first-order valence-corrected chi connectivity index (χ1v) is 7.03. The lowest BCUT2D eigenvalue weighted by atomic mass is 9.89. The summed E-state index contributed by atoms with van der Waals surface area (Å²) < 4.78 is 5.71. The lowest BCUT2D eigenvalue weighted by molar-refractivity contribution is -0.0273. The number of nitrogens with two attached hydrogens (primary N) is 1. The third-order valence-corrected chi connectivity index (χ3v) is 4.59. The molecule has 1 saturated carbocycles. The maximum Gasteiger partial charge on any atom is 0.0828 e. The molecule has 0 aromatic carbocycles. The maximum atomic E-state index is 6.32. The predicted octanol–water partition coefficient (Wildman–Crippen LogP) is 2.97. The molecule has 1 aliphatic rings. The molecule has 2 rings (SSSR count). The topological polar surface area (TPSA) is 35.2 Å². The van der Waals surface area contributed by atoms with Gasteiger partial charge in [-0.05, 0) is 48.1 Å². The second-order valence-corrected chi connectivity index (χ2v) is 5.53. The average molecular weight is 239 g/mol. The minimum absolute atomic E-state index is 0.0317. The molecule has 0 aliphatic heterocycles. The lowest BCUT2D eigenvalue weighted by Crippen LogP contribution is -2.47. The van der Waals surface area contributed by atoms with Crippen molar-refractivity contribution in [2.45, 2.75) is 50.2 Å². The fraction of sp³-hybridized carbons (Fsp3) is 0.692. The lowest BCUT2D eigenvalue weighted by Gasteiger charge is -2.34. The number of methoxy groups -OCH3 is 1. The summed E-state index contributed by atoms with van der Waals surface area (Å²) in [5, 5.41) is 4.34. The Labute approximate surface area is 102 Å². The van der Waals surface area contributed by atoms with Gasteiger partial charge >= 0.3 is 0 Å². The van der Waals surface area contributed by atoms with E-state index in [9.17, 15) is 0 Å².